The summed E-state index contributed by atoms with van der Waals surface area (Å²) in [5.74, 6) is -0.896. The number of carbonyl (C=O) groups excluding carboxylic acids is 3. The molecule has 0 N–H and O–H groups in total. The summed E-state index contributed by atoms with van der Waals surface area (Å²) in [5, 5.41) is 0. The van der Waals surface area contributed by atoms with Crippen LogP contribution >= 0.6 is 0 Å². The van der Waals surface area contributed by atoms with Gasteiger partial charge in [0.05, 0.1) is 25.5 Å². The Morgan fingerprint density at radius 1 is 1.30 bits per heavy atom. The highest BCUT2D eigenvalue weighted by Crippen LogP contribution is 2.24. The summed E-state index contributed by atoms with van der Waals surface area (Å²) in [6.07, 6.45) is 3.09. The number of amides is 1. The highest BCUT2D eigenvalue weighted by Gasteiger charge is 2.30. The summed E-state index contributed by atoms with van der Waals surface area (Å²) in [7, 11) is 1.73. The van der Waals surface area contributed by atoms with Gasteiger partial charge in [0.15, 0.2) is 11.5 Å². The van der Waals surface area contributed by atoms with Gasteiger partial charge in [0.1, 0.15) is 5.69 Å². The molecule has 162 valence electrons. The van der Waals surface area contributed by atoms with Crippen molar-refractivity contribution in [2.75, 3.05) is 26.3 Å². The maximum Gasteiger partial charge on any atom is 0.355 e. The van der Waals surface area contributed by atoms with E-state index in [4.69, 9.17) is 13.9 Å². The summed E-state index contributed by atoms with van der Waals surface area (Å²) in [6, 6.07) is 3.21. The third-order valence-corrected chi connectivity index (χ3v) is 5.48. The molecule has 0 aromatic carbocycles. The van der Waals surface area contributed by atoms with E-state index in [1.807, 2.05) is 0 Å². The van der Waals surface area contributed by atoms with Gasteiger partial charge in [-0.2, -0.15) is 0 Å². The number of ether oxygens (including phenoxy) is 2. The van der Waals surface area contributed by atoms with Gasteiger partial charge in [-0.1, -0.05) is 0 Å². The zero-order valence-electron chi connectivity index (χ0n) is 17.9. The first-order chi connectivity index (χ1) is 14.3. The van der Waals surface area contributed by atoms with Crippen molar-refractivity contribution < 1.29 is 28.3 Å². The van der Waals surface area contributed by atoms with Gasteiger partial charge in [-0.3, -0.25) is 9.59 Å². The molecule has 1 fully saturated rings. The lowest BCUT2D eigenvalue weighted by atomic mass is 10.0. The molecule has 0 bridgehead atoms. The van der Waals surface area contributed by atoms with Crippen molar-refractivity contribution in [1.82, 2.24) is 9.47 Å². The zero-order valence-corrected chi connectivity index (χ0v) is 17.9. The van der Waals surface area contributed by atoms with Crippen molar-refractivity contribution in [1.29, 1.82) is 0 Å². The molecule has 1 amide bonds. The molecule has 1 saturated heterocycles. The third kappa shape index (κ3) is 4.33. The molecule has 1 atom stereocenters. The molecule has 0 radical (unpaired) electrons. The predicted molar refractivity (Wildman–Crippen MR) is 109 cm³/mol. The molecule has 8 heteroatoms. The van der Waals surface area contributed by atoms with Crippen molar-refractivity contribution >= 4 is 17.7 Å². The summed E-state index contributed by atoms with van der Waals surface area (Å²) >= 11 is 0. The van der Waals surface area contributed by atoms with E-state index in [-0.39, 0.29) is 36.7 Å². The maximum absolute atomic E-state index is 13.3. The molecule has 0 spiro atoms. The Labute approximate surface area is 175 Å². The Morgan fingerprint density at radius 2 is 2.07 bits per heavy atom. The molecule has 3 rings (SSSR count). The van der Waals surface area contributed by atoms with Gasteiger partial charge in [0, 0.05) is 31.5 Å². The van der Waals surface area contributed by atoms with Crippen LogP contribution in [0.15, 0.2) is 22.8 Å². The number of hydrogen-bond acceptors (Lipinski definition) is 6. The van der Waals surface area contributed by atoms with E-state index in [1.54, 1.807) is 44.5 Å². The van der Waals surface area contributed by atoms with Crippen LogP contribution in [0.25, 0.3) is 0 Å². The van der Waals surface area contributed by atoms with E-state index in [0.29, 0.717) is 35.7 Å². The Hall–Kier alpha value is -2.87. The van der Waals surface area contributed by atoms with E-state index in [1.165, 1.54) is 11.2 Å². The van der Waals surface area contributed by atoms with Crippen molar-refractivity contribution in [2.45, 2.75) is 39.7 Å². The highest BCUT2D eigenvalue weighted by atomic mass is 16.5. The van der Waals surface area contributed by atoms with E-state index < -0.39 is 5.97 Å². The largest absolute Gasteiger partial charge is 0.461 e. The molecular weight excluding hydrogens is 388 g/mol. The second kappa shape index (κ2) is 9.30. The maximum atomic E-state index is 13.3. The fourth-order valence-corrected chi connectivity index (χ4v) is 3.94. The SMILES string of the molecule is CCOC(=O)c1c(C)c(C(=O)CN(C[C@H]2CCCO2)C(=O)c2ccco2)c(C)n1C. The average Bonchev–Trinajstić information content (AvgIpc) is 3.44. The molecule has 1 aliphatic heterocycles. The van der Waals surface area contributed by atoms with Crippen molar-refractivity contribution in [3.8, 4) is 0 Å². The van der Waals surface area contributed by atoms with Crippen molar-refractivity contribution in [2.24, 2.45) is 7.05 Å². The minimum atomic E-state index is -0.470. The topological polar surface area (TPSA) is 91.0 Å². The van der Waals surface area contributed by atoms with Crippen LogP contribution in [0.2, 0.25) is 0 Å². The van der Waals surface area contributed by atoms with Gasteiger partial charge in [0.25, 0.3) is 5.91 Å². The van der Waals surface area contributed by atoms with Gasteiger partial charge in [-0.25, -0.2) is 4.79 Å². The van der Waals surface area contributed by atoms with Crippen LogP contribution in [-0.2, 0) is 16.5 Å². The number of rotatable bonds is 8. The van der Waals surface area contributed by atoms with E-state index in [0.717, 1.165) is 12.8 Å². The molecule has 0 aliphatic carbocycles. The van der Waals surface area contributed by atoms with Crippen LogP contribution in [0, 0.1) is 13.8 Å². The molecular formula is C22H28N2O6. The van der Waals surface area contributed by atoms with E-state index in [2.05, 4.69) is 0 Å². The number of esters is 1. The summed E-state index contributed by atoms with van der Waals surface area (Å²) in [4.78, 5) is 40.0. The van der Waals surface area contributed by atoms with Crippen molar-refractivity contribution in [3.05, 3.63) is 46.7 Å². The number of carbonyl (C=O) groups is 3. The first-order valence-electron chi connectivity index (χ1n) is 10.2. The minimum Gasteiger partial charge on any atom is -0.461 e. The number of aromatic nitrogens is 1. The number of Topliss-reactive ketones (excluding diaryl/α,β-unsaturated/α-hetero) is 1. The number of hydrogen-bond donors (Lipinski definition) is 0. The lowest BCUT2D eigenvalue weighted by Gasteiger charge is -2.24. The van der Waals surface area contributed by atoms with Gasteiger partial charge in [-0.05, 0) is 51.3 Å². The average molecular weight is 416 g/mol. The molecule has 3 heterocycles. The number of nitrogens with zero attached hydrogens (tertiary/aromatic N) is 2. The van der Waals surface area contributed by atoms with Crippen LogP contribution < -0.4 is 0 Å². The third-order valence-electron chi connectivity index (χ3n) is 5.48. The van der Waals surface area contributed by atoms with Gasteiger partial charge in [0.2, 0.25) is 0 Å². The normalized spacial score (nSPS) is 15.9. The minimum absolute atomic E-state index is 0.107. The second-order valence-corrected chi connectivity index (χ2v) is 7.43. The zero-order chi connectivity index (χ0) is 21.8. The predicted octanol–water partition coefficient (Wildman–Crippen LogP) is 2.92. The van der Waals surface area contributed by atoms with Crippen LogP contribution in [-0.4, -0.2) is 59.5 Å². The number of furan rings is 1. The molecule has 2 aromatic rings. The second-order valence-electron chi connectivity index (χ2n) is 7.43. The van der Waals surface area contributed by atoms with Gasteiger partial charge >= 0.3 is 5.97 Å². The Kier molecular flexibility index (Phi) is 6.77. The first kappa shape index (κ1) is 21.8. The number of ketones is 1. The van der Waals surface area contributed by atoms with Crippen LogP contribution in [0.4, 0.5) is 0 Å². The van der Waals surface area contributed by atoms with Gasteiger partial charge < -0.3 is 23.4 Å². The Bertz CT molecular complexity index is 922. The van der Waals surface area contributed by atoms with E-state index >= 15 is 0 Å². The lowest BCUT2D eigenvalue weighted by molar-refractivity contribution is 0.0485. The monoisotopic (exact) mass is 416 g/mol. The van der Waals surface area contributed by atoms with E-state index in [9.17, 15) is 14.4 Å². The van der Waals surface area contributed by atoms with Crippen LogP contribution in [0.5, 0.6) is 0 Å². The molecule has 0 unspecified atom stereocenters. The van der Waals surface area contributed by atoms with Crippen molar-refractivity contribution in [3.63, 3.8) is 0 Å². The van der Waals surface area contributed by atoms with Crippen LogP contribution in [0.1, 0.15) is 62.4 Å². The van der Waals surface area contributed by atoms with Crippen LogP contribution in [0.3, 0.4) is 0 Å². The Morgan fingerprint density at radius 3 is 2.67 bits per heavy atom. The quantitative estimate of drug-likeness (QED) is 0.485. The fraction of sp³-hybridized carbons (Fsp3) is 0.500. The Balaban J connectivity index is 1.87. The van der Waals surface area contributed by atoms with Gasteiger partial charge in [-0.15, -0.1) is 0 Å². The standard InChI is InChI=1S/C22H28N2O6/c1-5-28-22(27)20-14(2)19(15(3)23(20)4)17(25)13-24(12-16-8-6-10-29-16)21(26)18-9-7-11-30-18/h7,9,11,16H,5-6,8,10,12-13H2,1-4H3/t16-/m1/s1. The molecule has 30 heavy (non-hydrogen) atoms. The summed E-state index contributed by atoms with van der Waals surface area (Å²) < 4.78 is 17.7. The molecule has 1 aliphatic rings. The summed E-state index contributed by atoms with van der Waals surface area (Å²) in [6.45, 7) is 6.32. The lowest BCUT2D eigenvalue weighted by Crippen LogP contribution is -2.40. The highest BCUT2D eigenvalue weighted by molar-refractivity contribution is 6.05. The smallest absolute Gasteiger partial charge is 0.355 e. The first-order valence-corrected chi connectivity index (χ1v) is 10.2. The molecule has 0 saturated carbocycles. The molecule has 8 nitrogen and oxygen atoms in total. The fourth-order valence-electron chi connectivity index (χ4n) is 3.94. The molecule has 2 aromatic heterocycles. The summed E-state index contributed by atoms with van der Waals surface area (Å²) in [5.41, 5.74) is 2.00.